The standard InChI is InChI=1S/C22H40/c1-3-5-8-20-15-17-22(18-16-20)10-7-6-9-21-13-11-19(4-2)12-14-21/h3,5,19-22H,4,6-18H2,1-2H3/b5-3+. The minimum atomic E-state index is 1.00. The molecule has 2 rings (SSSR count). The Bertz CT molecular complexity index is 287. The Kier molecular flexibility index (Phi) is 8.63. The molecule has 0 aromatic rings. The van der Waals surface area contributed by atoms with E-state index in [4.69, 9.17) is 0 Å². The molecule has 0 nitrogen and oxygen atoms in total. The van der Waals surface area contributed by atoms with Crippen LogP contribution in [-0.4, -0.2) is 0 Å². The van der Waals surface area contributed by atoms with E-state index in [0.717, 1.165) is 23.7 Å². The number of allylic oxidation sites excluding steroid dienone is 2. The molecular weight excluding hydrogens is 264 g/mol. The summed E-state index contributed by atoms with van der Waals surface area (Å²) in [5, 5.41) is 0. The van der Waals surface area contributed by atoms with Crippen molar-refractivity contribution in [3.8, 4) is 0 Å². The Labute approximate surface area is 140 Å². The first-order valence-electron chi connectivity index (χ1n) is 10.4. The van der Waals surface area contributed by atoms with Crippen LogP contribution in [0.1, 0.15) is 104 Å². The van der Waals surface area contributed by atoms with Gasteiger partial charge in [0.05, 0.1) is 0 Å². The SMILES string of the molecule is C/C=C/CC1CCC(CCCCC2CCC(CC)CC2)CC1. The molecule has 0 radical (unpaired) electrons. The molecule has 0 heteroatoms. The van der Waals surface area contributed by atoms with Gasteiger partial charge in [-0.3, -0.25) is 0 Å². The third-order valence-corrected chi connectivity index (χ3v) is 6.69. The highest BCUT2D eigenvalue weighted by Gasteiger charge is 2.21. The van der Waals surface area contributed by atoms with Crippen molar-refractivity contribution in [1.29, 1.82) is 0 Å². The largest absolute Gasteiger partial charge is 0.0917 e. The Morgan fingerprint density at radius 2 is 1.14 bits per heavy atom. The lowest BCUT2D eigenvalue weighted by Gasteiger charge is -2.29. The average molecular weight is 305 g/mol. The summed E-state index contributed by atoms with van der Waals surface area (Å²) in [6.07, 6.45) is 25.6. The van der Waals surface area contributed by atoms with Crippen molar-refractivity contribution in [3.05, 3.63) is 12.2 Å². The molecule has 0 saturated heterocycles. The van der Waals surface area contributed by atoms with Crippen molar-refractivity contribution < 1.29 is 0 Å². The van der Waals surface area contributed by atoms with Gasteiger partial charge in [0.2, 0.25) is 0 Å². The number of rotatable bonds is 8. The van der Waals surface area contributed by atoms with Crippen LogP contribution < -0.4 is 0 Å². The van der Waals surface area contributed by atoms with E-state index in [1.807, 2.05) is 0 Å². The van der Waals surface area contributed by atoms with Gasteiger partial charge in [-0.1, -0.05) is 89.7 Å². The first kappa shape index (κ1) is 18.1. The van der Waals surface area contributed by atoms with Crippen molar-refractivity contribution >= 4 is 0 Å². The van der Waals surface area contributed by atoms with Crippen molar-refractivity contribution in [2.45, 2.75) is 104 Å². The summed E-state index contributed by atoms with van der Waals surface area (Å²) >= 11 is 0. The zero-order valence-electron chi connectivity index (χ0n) is 15.4. The Morgan fingerprint density at radius 3 is 1.59 bits per heavy atom. The molecule has 2 saturated carbocycles. The van der Waals surface area contributed by atoms with Crippen molar-refractivity contribution in [1.82, 2.24) is 0 Å². The second-order valence-corrected chi connectivity index (χ2v) is 8.27. The van der Waals surface area contributed by atoms with Crippen LogP contribution in [0.15, 0.2) is 12.2 Å². The summed E-state index contributed by atoms with van der Waals surface area (Å²) in [6, 6.07) is 0. The van der Waals surface area contributed by atoms with E-state index < -0.39 is 0 Å². The van der Waals surface area contributed by atoms with E-state index in [1.165, 1.54) is 89.9 Å². The average Bonchev–Trinajstić information content (AvgIpc) is 2.58. The Balaban J connectivity index is 1.48. The summed E-state index contributed by atoms with van der Waals surface area (Å²) < 4.78 is 0. The molecule has 0 heterocycles. The molecule has 0 aliphatic heterocycles. The van der Waals surface area contributed by atoms with E-state index in [9.17, 15) is 0 Å². The quantitative estimate of drug-likeness (QED) is 0.321. The summed E-state index contributed by atoms with van der Waals surface area (Å²) in [6.45, 7) is 4.53. The molecule has 2 aliphatic rings. The molecule has 0 aromatic heterocycles. The Morgan fingerprint density at radius 1 is 0.682 bits per heavy atom. The smallest absolute Gasteiger partial charge is 0.0322 e. The van der Waals surface area contributed by atoms with E-state index in [1.54, 1.807) is 0 Å². The van der Waals surface area contributed by atoms with Crippen LogP contribution in [0.4, 0.5) is 0 Å². The molecule has 2 fully saturated rings. The summed E-state index contributed by atoms with van der Waals surface area (Å²) in [5.74, 6) is 4.22. The zero-order chi connectivity index (χ0) is 15.6. The molecular formula is C22H40. The maximum Gasteiger partial charge on any atom is -0.0322 e. The lowest BCUT2D eigenvalue weighted by molar-refractivity contribution is 0.240. The number of hydrogen-bond donors (Lipinski definition) is 0. The summed E-state index contributed by atoms with van der Waals surface area (Å²) in [5.41, 5.74) is 0. The van der Waals surface area contributed by atoms with Gasteiger partial charge in [0.25, 0.3) is 0 Å². The van der Waals surface area contributed by atoms with E-state index in [-0.39, 0.29) is 0 Å². The fourth-order valence-corrected chi connectivity index (χ4v) is 4.88. The van der Waals surface area contributed by atoms with Crippen LogP contribution >= 0.6 is 0 Å². The molecule has 0 atom stereocenters. The summed E-state index contributed by atoms with van der Waals surface area (Å²) in [7, 11) is 0. The van der Waals surface area contributed by atoms with E-state index in [0.29, 0.717) is 0 Å². The van der Waals surface area contributed by atoms with E-state index in [2.05, 4.69) is 26.0 Å². The van der Waals surface area contributed by atoms with Gasteiger partial charge in [-0.05, 0) is 49.9 Å². The third kappa shape index (κ3) is 6.47. The molecule has 2 aliphatic carbocycles. The first-order chi connectivity index (χ1) is 10.8. The molecule has 0 aromatic carbocycles. The minimum absolute atomic E-state index is 1.00. The van der Waals surface area contributed by atoms with Crippen molar-refractivity contribution in [3.63, 3.8) is 0 Å². The second kappa shape index (κ2) is 10.5. The molecule has 0 unspecified atom stereocenters. The van der Waals surface area contributed by atoms with Gasteiger partial charge in [0, 0.05) is 0 Å². The van der Waals surface area contributed by atoms with Gasteiger partial charge in [-0.2, -0.15) is 0 Å². The second-order valence-electron chi connectivity index (χ2n) is 8.27. The number of unbranched alkanes of at least 4 members (excludes halogenated alkanes) is 1. The fraction of sp³-hybridized carbons (Fsp3) is 0.909. The van der Waals surface area contributed by atoms with Crippen molar-refractivity contribution in [2.75, 3.05) is 0 Å². The normalized spacial score (nSPS) is 33.4. The third-order valence-electron chi connectivity index (χ3n) is 6.69. The van der Waals surface area contributed by atoms with Crippen LogP contribution in [0.25, 0.3) is 0 Å². The predicted octanol–water partition coefficient (Wildman–Crippen LogP) is 7.54. The molecule has 0 amide bonds. The molecule has 0 bridgehead atoms. The maximum atomic E-state index is 2.37. The minimum Gasteiger partial charge on any atom is -0.0917 e. The lowest BCUT2D eigenvalue weighted by Crippen LogP contribution is -2.15. The molecule has 22 heavy (non-hydrogen) atoms. The first-order valence-corrected chi connectivity index (χ1v) is 10.4. The maximum absolute atomic E-state index is 2.37. The van der Waals surface area contributed by atoms with Gasteiger partial charge >= 0.3 is 0 Å². The molecule has 0 N–H and O–H groups in total. The van der Waals surface area contributed by atoms with Gasteiger partial charge in [0.15, 0.2) is 0 Å². The van der Waals surface area contributed by atoms with Crippen LogP contribution in [0, 0.1) is 23.7 Å². The highest BCUT2D eigenvalue weighted by molar-refractivity contribution is 4.83. The fourth-order valence-electron chi connectivity index (χ4n) is 4.88. The van der Waals surface area contributed by atoms with Gasteiger partial charge in [0.1, 0.15) is 0 Å². The van der Waals surface area contributed by atoms with Crippen LogP contribution in [0.3, 0.4) is 0 Å². The van der Waals surface area contributed by atoms with Crippen LogP contribution in [-0.2, 0) is 0 Å². The molecule has 128 valence electrons. The molecule has 0 spiro atoms. The topological polar surface area (TPSA) is 0 Å². The van der Waals surface area contributed by atoms with Crippen molar-refractivity contribution in [2.24, 2.45) is 23.7 Å². The highest BCUT2D eigenvalue weighted by atomic mass is 14.3. The van der Waals surface area contributed by atoms with Gasteiger partial charge in [-0.15, -0.1) is 0 Å². The monoisotopic (exact) mass is 304 g/mol. The predicted molar refractivity (Wildman–Crippen MR) is 99.1 cm³/mol. The van der Waals surface area contributed by atoms with E-state index >= 15 is 0 Å². The zero-order valence-corrected chi connectivity index (χ0v) is 15.4. The number of hydrogen-bond acceptors (Lipinski definition) is 0. The summed E-state index contributed by atoms with van der Waals surface area (Å²) in [4.78, 5) is 0. The lowest BCUT2D eigenvalue weighted by atomic mass is 9.77. The van der Waals surface area contributed by atoms with Gasteiger partial charge in [-0.25, -0.2) is 0 Å². The Hall–Kier alpha value is -0.260. The van der Waals surface area contributed by atoms with Crippen LogP contribution in [0.5, 0.6) is 0 Å². The van der Waals surface area contributed by atoms with Gasteiger partial charge < -0.3 is 0 Å². The van der Waals surface area contributed by atoms with Crippen LogP contribution in [0.2, 0.25) is 0 Å². The highest BCUT2D eigenvalue weighted by Crippen LogP contribution is 2.36.